The molecule has 5 nitrogen and oxygen atoms in total. The second-order valence-electron chi connectivity index (χ2n) is 8.36. The Balaban J connectivity index is 1.52. The van der Waals surface area contributed by atoms with Gasteiger partial charge >= 0.3 is 7.12 Å². The van der Waals surface area contributed by atoms with E-state index in [0.717, 1.165) is 44.3 Å². The summed E-state index contributed by atoms with van der Waals surface area (Å²) in [6.45, 7) is 4.68. The fraction of sp³-hybridized carbons (Fsp3) is 0.167. The molecule has 146 valence electrons. The van der Waals surface area contributed by atoms with Crippen LogP contribution in [0.15, 0.2) is 72.9 Å². The zero-order valence-electron chi connectivity index (χ0n) is 16.9. The molecule has 5 aromatic rings. The molecular formula is C24H20BN3O2. The van der Waals surface area contributed by atoms with Crippen LogP contribution in [0.4, 0.5) is 0 Å². The summed E-state index contributed by atoms with van der Waals surface area (Å²) in [4.78, 5) is 9.88. The molecule has 4 heterocycles. The quantitative estimate of drug-likeness (QED) is 0.422. The van der Waals surface area contributed by atoms with E-state index in [1.165, 1.54) is 0 Å². The lowest BCUT2D eigenvalue weighted by Gasteiger charge is -2.15. The van der Waals surface area contributed by atoms with Crippen LogP contribution in [0.25, 0.3) is 38.8 Å². The minimum absolute atomic E-state index is 0.255. The molecular weight excluding hydrogens is 373 g/mol. The lowest BCUT2D eigenvalue weighted by atomic mass is 9.78. The third kappa shape index (κ3) is 2.72. The first-order valence-corrected chi connectivity index (χ1v) is 10.1. The van der Waals surface area contributed by atoms with E-state index in [9.17, 15) is 0 Å². The van der Waals surface area contributed by atoms with Gasteiger partial charge in [-0.25, -0.2) is 9.97 Å². The summed E-state index contributed by atoms with van der Waals surface area (Å²) in [5, 5.41) is 2.20. The normalized spacial score (nSPS) is 16.1. The topological polar surface area (TPSA) is 48.7 Å². The molecule has 1 fully saturated rings. The Bertz CT molecular complexity index is 1410. The van der Waals surface area contributed by atoms with Crippen molar-refractivity contribution in [2.45, 2.75) is 19.4 Å². The molecule has 2 aromatic carbocycles. The summed E-state index contributed by atoms with van der Waals surface area (Å²) < 4.78 is 13.9. The molecule has 0 atom stereocenters. The van der Waals surface area contributed by atoms with Crippen LogP contribution in [0.5, 0.6) is 0 Å². The SMILES string of the molecule is CC1(C)COB(c2ccc(-c3nc4c(nc5ccccn54)c4ccccc34)cc2)O1. The Labute approximate surface area is 174 Å². The second kappa shape index (κ2) is 6.39. The van der Waals surface area contributed by atoms with E-state index in [4.69, 9.17) is 19.3 Å². The Hall–Kier alpha value is -3.22. The second-order valence-corrected chi connectivity index (χ2v) is 8.36. The average molecular weight is 393 g/mol. The first-order valence-electron chi connectivity index (χ1n) is 10.1. The van der Waals surface area contributed by atoms with Crippen molar-refractivity contribution in [2.75, 3.05) is 6.61 Å². The highest BCUT2D eigenvalue weighted by molar-refractivity contribution is 6.61. The number of pyridine rings is 2. The van der Waals surface area contributed by atoms with E-state index in [0.29, 0.717) is 6.61 Å². The standard InChI is InChI=1S/C24H20BN3O2/c1-24(2)15-29-25(30-24)17-12-10-16(11-13-17)21-18-7-3-4-8-19(18)22-23(27-21)28-14-6-5-9-20(28)26-22/h3-14H,15H2,1-2H3. The van der Waals surface area contributed by atoms with Crippen molar-refractivity contribution in [1.82, 2.24) is 14.4 Å². The summed E-state index contributed by atoms with van der Waals surface area (Å²) in [6.07, 6.45) is 2.01. The lowest BCUT2D eigenvalue weighted by Crippen LogP contribution is -2.34. The summed E-state index contributed by atoms with van der Waals surface area (Å²) in [7, 11) is -0.319. The van der Waals surface area contributed by atoms with Gasteiger partial charge in [0, 0.05) is 22.5 Å². The Morgan fingerprint density at radius 2 is 1.67 bits per heavy atom. The summed E-state index contributed by atoms with van der Waals surface area (Å²) in [6, 6.07) is 22.7. The molecule has 30 heavy (non-hydrogen) atoms. The van der Waals surface area contributed by atoms with Crippen molar-refractivity contribution >= 4 is 40.2 Å². The fourth-order valence-corrected chi connectivity index (χ4v) is 4.15. The maximum Gasteiger partial charge on any atom is 0.494 e. The van der Waals surface area contributed by atoms with Gasteiger partial charge in [0.1, 0.15) is 11.2 Å². The molecule has 0 spiro atoms. The highest BCUT2D eigenvalue weighted by Crippen LogP contribution is 2.32. The van der Waals surface area contributed by atoms with Crippen molar-refractivity contribution in [1.29, 1.82) is 0 Å². The number of rotatable bonds is 2. The minimum Gasteiger partial charge on any atom is -0.404 e. The number of hydrogen-bond donors (Lipinski definition) is 0. The van der Waals surface area contributed by atoms with Crippen molar-refractivity contribution in [3.8, 4) is 11.3 Å². The lowest BCUT2D eigenvalue weighted by molar-refractivity contribution is 0.137. The number of nitrogens with zero attached hydrogens (tertiary/aromatic N) is 3. The average Bonchev–Trinajstić information content (AvgIpc) is 3.33. The minimum atomic E-state index is -0.319. The van der Waals surface area contributed by atoms with Crippen molar-refractivity contribution in [3.63, 3.8) is 0 Å². The van der Waals surface area contributed by atoms with E-state index in [-0.39, 0.29) is 12.7 Å². The van der Waals surface area contributed by atoms with E-state index < -0.39 is 0 Å². The molecule has 0 N–H and O–H groups in total. The number of imidazole rings is 1. The number of aromatic nitrogens is 3. The first kappa shape index (κ1) is 17.6. The molecule has 1 aliphatic rings. The van der Waals surface area contributed by atoms with Gasteiger partial charge in [0.05, 0.1) is 17.9 Å². The molecule has 6 rings (SSSR count). The van der Waals surface area contributed by atoms with Gasteiger partial charge in [0.15, 0.2) is 5.65 Å². The van der Waals surface area contributed by atoms with E-state index >= 15 is 0 Å². The molecule has 3 aromatic heterocycles. The van der Waals surface area contributed by atoms with Gasteiger partial charge < -0.3 is 9.31 Å². The van der Waals surface area contributed by atoms with Crippen LogP contribution < -0.4 is 5.46 Å². The third-order valence-electron chi connectivity index (χ3n) is 5.62. The van der Waals surface area contributed by atoms with Crippen LogP contribution in [0.2, 0.25) is 0 Å². The molecule has 6 heteroatoms. The third-order valence-corrected chi connectivity index (χ3v) is 5.62. The van der Waals surface area contributed by atoms with Gasteiger partial charge in [-0.2, -0.15) is 0 Å². The summed E-state index contributed by atoms with van der Waals surface area (Å²) >= 11 is 0. The van der Waals surface area contributed by atoms with Crippen LogP contribution in [-0.2, 0) is 9.31 Å². The molecule has 0 radical (unpaired) electrons. The number of fused-ring (bicyclic) bond motifs is 5. The molecule has 0 aliphatic carbocycles. The Kier molecular flexibility index (Phi) is 3.75. The monoisotopic (exact) mass is 393 g/mol. The van der Waals surface area contributed by atoms with Crippen molar-refractivity contribution in [3.05, 3.63) is 72.9 Å². The molecule has 0 amide bonds. The zero-order valence-corrected chi connectivity index (χ0v) is 16.9. The van der Waals surface area contributed by atoms with Crippen molar-refractivity contribution < 1.29 is 9.31 Å². The molecule has 0 bridgehead atoms. The van der Waals surface area contributed by atoms with Gasteiger partial charge in [-0.05, 0) is 31.4 Å². The van der Waals surface area contributed by atoms with E-state index in [2.05, 4.69) is 42.5 Å². The predicted molar refractivity (Wildman–Crippen MR) is 120 cm³/mol. The van der Waals surface area contributed by atoms with Crippen LogP contribution in [0, 0.1) is 0 Å². The molecule has 1 aliphatic heterocycles. The molecule has 1 saturated heterocycles. The maximum absolute atomic E-state index is 6.00. The van der Waals surface area contributed by atoms with Gasteiger partial charge in [-0.1, -0.05) is 54.6 Å². The summed E-state index contributed by atoms with van der Waals surface area (Å²) in [5.74, 6) is 0. The maximum atomic E-state index is 6.00. The fourth-order valence-electron chi connectivity index (χ4n) is 4.15. The largest absolute Gasteiger partial charge is 0.494 e. The Morgan fingerprint density at radius 1 is 0.900 bits per heavy atom. The molecule has 0 saturated carbocycles. The van der Waals surface area contributed by atoms with Crippen LogP contribution in [-0.4, -0.2) is 33.7 Å². The van der Waals surface area contributed by atoms with Gasteiger partial charge in [-0.15, -0.1) is 0 Å². The highest BCUT2D eigenvalue weighted by atomic mass is 16.7. The van der Waals surface area contributed by atoms with Crippen LogP contribution >= 0.6 is 0 Å². The van der Waals surface area contributed by atoms with E-state index in [1.807, 2.05) is 48.7 Å². The number of hydrogen-bond acceptors (Lipinski definition) is 4. The predicted octanol–water partition coefficient (Wildman–Crippen LogP) is 4.22. The van der Waals surface area contributed by atoms with E-state index in [1.54, 1.807) is 0 Å². The zero-order chi connectivity index (χ0) is 20.3. The van der Waals surface area contributed by atoms with Crippen molar-refractivity contribution in [2.24, 2.45) is 0 Å². The Morgan fingerprint density at radius 3 is 2.43 bits per heavy atom. The summed E-state index contributed by atoms with van der Waals surface area (Å²) in [5.41, 5.74) is 5.46. The smallest absolute Gasteiger partial charge is 0.404 e. The first-order chi connectivity index (χ1) is 14.6. The molecule has 0 unspecified atom stereocenters. The van der Waals surface area contributed by atoms with Gasteiger partial charge in [-0.3, -0.25) is 4.40 Å². The van der Waals surface area contributed by atoms with Crippen LogP contribution in [0.3, 0.4) is 0 Å². The number of benzene rings is 2. The van der Waals surface area contributed by atoms with Gasteiger partial charge in [0.25, 0.3) is 0 Å². The van der Waals surface area contributed by atoms with Crippen LogP contribution in [0.1, 0.15) is 13.8 Å². The highest BCUT2D eigenvalue weighted by Gasteiger charge is 2.38. The van der Waals surface area contributed by atoms with Gasteiger partial charge in [0.2, 0.25) is 0 Å².